The summed E-state index contributed by atoms with van der Waals surface area (Å²) in [6.07, 6.45) is 3.24. The van der Waals surface area contributed by atoms with Crippen molar-refractivity contribution in [2.24, 2.45) is 28.6 Å². The van der Waals surface area contributed by atoms with Gasteiger partial charge in [-0.05, 0) is 31.6 Å². The minimum Gasteiger partial charge on any atom is -0.504 e. The number of carbonyl (C=O) groups is 4. The van der Waals surface area contributed by atoms with E-state index < -0.39 is 58.4 Å². The van der Waals surface area contributed by atoms with Gasteiger partial charge in [0.1, 0.15) is 18.0 Å². The molecule has 5 rings (SSSR count). The molecule has 0 aromatic rings. The van der Waals surface area contributed by atoms with Crippen LogP contribution in [0.15, 0.2) is 23.1 Å². The number of fused-ring (bicyclic) bond motifs is 5. The second kappa shape index (κ2) is 8.71. The lowest BCUT2D eigenvalue weighted by Crippen LogP contribution is -2.65. The molecule has 1 N–H and O–H groups in total. The van der Waals surface area contributed by atoms with Gasteiger partial charge in [0.25, 0.3) is 0 Å². The Morgan fingerprint density at radius 3 is 2.56 bits per heavy atom. The number of ketones is 2. The fourth-order valence-corrected chi connectivity index (χ4v) is 7.84. The second-order valence-corrected chi connectivity index (χ2v) is 11.4. The SMILES string of the molecule is COC[C@H]1OC(=O)/C(=C/N2CCCC2)C2=C(O)C(=O)C3C([C@H](OC(C)=O)C[C@]4(C)C(=O)CC[C@@H]34)[C@]21C. The van der Waals surface area contributed by atoms with Crippen molar-refractivity contribution >= 4 is 23.5 Å². The molecule has 9 nitrogen and oxygen atoms in total. The van der Waals surface area contributed by atoms with Crippen LogP contribution >= 0.6 is 0 Å². The summed E-state index contributed by atoms with van der Waals surface area (Å²) in [5, 5.41) is 11.5. The molecule has 196 valence electrons. The average Bonchev–Trinajstić information content (AvgIpc) is 3.42. The fourth-order valence-electron chi connectivity index (χ4n) is 7.84. The number of hydrogen-bond acceptors (Lipinski definition) is 9. The maximum Gasteiger partial charge on any atom is 0.340 e. The zero-order chi connectivity index (χ0) is 26.0. The zero-order valence-electron chi connectivity index (χ0n) is 21.4. The molecule has 2 aliphatic heterocycles. The van der Waals surface area contributed by atoms with Gasteiger partial charge in [-0.3, -0.25) is 14.4 Å². The van der Waals surface area contributed by atoms with Gasteiger partial charge in [0.05, 0.1) is 12.2 Å². The van der Waals surface area contributed by atoms with Crippen LogP contribution in [-0.2, 0) is 33.4 Å². The molecule has 2 saturated heterocycles. The third-order valence-electron chi connectivity index (χ3n) is 9.48. The van der Waals surface area contributed by atoms with Crippen LogP contribution in [0.4, 0.5) is 0 Å². The Bertz CT molecular complexity index is 1070. The standard InChI is InChI=1S/C27H35NO8/c1-14(29)35-17-11-26(2)16(7-8-18(26)30)20-22(17)27(3)19(13-34-4)36-25(33)15(12-28-9-5-6-10-28)21(27)24(32)23(20)31/h12,16-17,19-20,22,32H,5-11,13H2,1-4H3/b15-12+/t16-,17+,19+,20?,22?,26-,27-/m0/s1. The Labute approximate surface area is 210 Å². The number of aliphatic hydroxyl groups is 1. The number of allylic oxidation sites excluding steroid dienone is 1. The second-order valence-electron chi connectivity index (χ2n) is 11.4. The summed E-state index contributed by atoms with van der Waals surface area (Å²) in [5.41, 5.74) is -1.51. The lowest BCUT2D eigenvalue weighted by atomic mass is 9.46. The van der Waals surface area contributed by atoms with Gasteiger partial charge >= 0.3 is 11.9 Å². The summed E-state index contributed by atoms with van der Waals surface area (Å²) in [5.74, 6) is -3.67. The van der Waals surface area contributed by atoms with Crippen LogP contribution in [0.1, 0.15) is 52.9 Å². The van der Waals surface area contributed by atoms with E-state index in [1.807, 2.05) is 18.7 Å². The number of nitrogens with zero attached hydrogens (tertiary/aromatic N) is 1. The normalized spacial score (nSPS) is 41.2. The lowest BCUT2D eigenvalue weighted by molar-refractivity contribution is -0.196. The van der Waals surface area contributed by atoms with Crippen molar-refractivity contribution in [1.29, 1.82) is 0 Å². The van der Waals surface area contributed by atoms with Gasteiger partial charge in [0.2, 0.25) is 5.78 Å². The van der Waals surface area contributed by atoms with E-state index in [4.69, 9.17) is 14.2 Å². The molecule has 0 spiro atoms. The number of rotatable bonds is 4. The van der Waals surface area contributed by atoms with Crippen molar-refractivity contribution in [3.05, 3.63) is 23.1 Å². The highest BCUT2D eigenvalue weighted by Gasteiger charge is 2.69. The molecular formula is C27H35NO8. The Morgan fingerprint density at radius 1 is 1.22 bits per heavy atom. The summed E-state index contributed by atoms with van der Waals surface area (Å²) in [6.45, 7) is 6.60. The van der Waals surface area contributed by atoms with Crippen LogP contribution in [0.2, 0.25) is 0 Å². The Morgan fingerprint density at radius 2 is 1.92 bits per heavy atom. The van der Waals surface area contributed by atoms with E-state index in [1.165, 1.54) is 14.0 Å². The van der Waals surface area contributed by atoms with Crippen molar-refractivity contribution in [2.45, 2.75) is 65.1 Å². The number of esters is 2. The first-order chi connectivity index (χ1) is 17.0. The lowest BCUT2D eigenvalue weighted by Gasteiger charge is -2.59. The van der Waals surface area contributed by atoms with Gasteiger partial charge in [0, 0.05) is 68.0 Å². The van der Waals surface area contributed by atoms with Crippen molar-refractivity contribution in [2.75, 3.05) is 26.8 Å². The van der Waals surface area contributed by atoms with Crippen LogP contribution < -0.4 is 0 Å². The van der Waals surface area contributed by atoms with E-state index in [2.05, 4.69) is 0 Å². The molecule has 4 fully saturated rings. The highest BCUT2D eigenvalue weighted by molar-refractivity contribution is 6.05. The van der Waals surface area contributed by atoms with Gasteiger partial charge in [-0.1, -0.05) is 13.8 Å². The van der Waals surface area contributed by atoms with Gasteiger partial charge in [-0.25, -0.2) is 4.79 Å². The van der Waals surface area contributed by atoms with E-state index >= 15 is 0 Å². The number of cyclic esters (lactones) is 1. The van der Waals surface area contributed by atoms with E-state index in [0.29, 0.717) is 12.8 Å². The number of methoxy groups -OCH3 is 1. The molecule has 0 radical (unpaired) electrons. The van der Waals surface area contributed by atoms with Gasteiger partial charge < -0.3 is 24.2 Å². The van der Waals surface area contributed by atoms with Crippen molar-refractivity contribution in [3.8, 4) is 0 Å². The van der Waals surface area contributed by atoms with Crippen molar-refractivity contribution in [1.82, 2.24) is 4.90 Å². The predicted molar refractivity (Wildman–Crippen MR) is 126 cm³/mol. The Balaban J connectivity index is 1.73. The Kier molecular flexibility index (Phi) is 6.05. The summed E-state index contributed by atoms with van der Waals surface area (Å²) >= 11 is 0. The van der Waals surface area contributed by atoms with Crippen LogP contribution in [0.5, 0.6) is 0 Å². The van der Waals surface area contributed by atoms with E-state index in [9.17, 15) is 24.3 Å². The molecule has 7 atom stereocenters. The molecule has 2 heterocycles. The molecule has 5 aliphatic rings. The van der Waals surface area contributed by atoms with Gasteiger partial charge in [0.15, 0.2) is 5.76 Å². The number of Topliss-reactive ketones (excluding diaryl/α,β-unsaturated/α-hetero) is 2. The molecule has 9 heteroatoms. The minimum atomic E-state index is -1.08. The molecule has 0 aromatic carbocycles. The first kappa shape index (κ1) is 25.0. The number of aliphatic hydroxyl groups excluding tert-OH is 1. The molecule has 0 bridgehead atoms. The molecule has 2 saturated carbocycles. The first-order valence-electron chi connectivity index (χ1n) is 12.9. The highest BCUT2D eigenvalue weighted by atomic mass is 16.6. The monoisotopic (exact) mass is 501 g/mol. The average molecular weight is 502 g/mol. The van der Waals surface area contributed by atoms with Gasteiger partial charge in [-0.2, -0.15) is 0 Å². The maximum absolute atomic E-state index is 13.9. The van der Waals surface area contributed by atoms with Crippen LogP contribution in [-0.4, -0.2) is 72.5 Å². The number of likely N-dealkylation sites (tertiary alicyclic amines) is 1. The topological polar surface area (TPSA) is 119 Å². The molecule has 0 aromatic heterocycles. The maximum atomic E-state index is 13.9. The molecule has 36 heavy (non-hydrogen) atoms. The predicted octanol–water partition coefficient (Wildman–Crippen LogP) is 2.49. The first-order valence-corrected chi connectivity index (χ1v) is 12.9. The smallest absolute Gasteiger partial charge is 0.340 e. The molecule has 2 unspecified atom stereocenters. The minimum absolute atomic E-state index is 0.0427. The third-order valence-corrected chi connectivity index (χ3v) is 9.48. The number of hydrogen-bond donors (Lipinski definition) is 1. The molecular weight excluding hydrogens is 466 g/mol. The summed E-state index contributed by atoms with van der Waals surface area (Å²) in [4.78, 5) is 54.5. The largest absolute Gasteiger partial charge is 0.504 e. The van der Waals surface area contributed by atoms with E-state index in [-0.39, 0.29) is 35.9 Å². The number of carbonyl (C=O) groups excluding carboxylic acids is 4. The summed E-state index contributed by atoms with van der Waals surface area (Å²) in [7, 11) is 1.50. The molecule has 3 aliphatic carbocycles. The van der Waals surface area contributed by atoms with Crippen molar-refractivity contribution in [3.63, 3.8) is 0 Å². The highest BCUT2D eigenvalue weighted by Crippen LogP contribution is 2.65. The van der Waals surface area contributed by atoms with Crippen LogP contribution in [0, 0.1) is 28.6 Å². The van der Waals surface area contributed by atoms with E-state index in [1.54, 1.807) is 6.20 Å². The summed E-state index contributed by atoms with van der Waals surface area (Å²) in [6, 6.07) is 0. The fraction of sp³-hybridized carbons (Fsp3) is 0.704. The van der Waals surface area contributed by atoms with Crippen molar-refractivity contribution < 1.29 is 38.5 Å². The van der Waals surface area contributed by atoms with Gasteiger partial charge in [-0.15, -0.1) is 0 Å². The zero-order valence-corrected chi connectivity index (χ0v) is 21.4. The van der Waals surface area contributed by atoms with E-state index in [0.717, 1.165) is 25.9 Å². The summed E-state index contributed by atoms with van der Waals surface area (Å²) < 4.78 is 17.2. The molecule has 0 amide bonds. The number of ether oxygens (including phenoxy) is 3. The van der Waals surface area contributed by atoms with Crippen LogP contribution in [0.3, 0.4) is 0 Å². The third kappa shape index (κ3) is 3.45. The van der Waals surface area contributed by atoms with Crippen LogP contribution in [0.25, 0.3) is 0 Å². The Hall–Kier alpha value is -2.68. The quantitative estimate of drug-likeness (QED) is 0.458.